The van der Waals surface area contributed by atoms with Crippen molar-refractivity contribution in [2.24, 2.45) is 0 Å². The van der Waals surface area contributed by atoms with E-state index in [-0.39, 0.29) is 22.6 Å². The van der Waals surface area contributed by atoms with Crippen LogP contribution in [0.2, 0.25) is 0 Å². The molecule has 0 bridgehead atoms. The highest BCUT2D eigenvalue weighted by molar-refractivity contribution is 7.91. The van der Waals surface area contributed by atoms with Gasteiger partial charge in [0, 0.05) is 25.3 Å². The van der Waals surface area contributed by atoms with Gasteiger partial charge in [-0.3, -0.25) is 14.0 Å². The summed E-state index contributed by atoms with van der Waals surface area (Å²) < 4.78 is 30.0. The first-order valence-electron chi connectivity index (χ1n) is 9.85. The number of sulfone groups is 1. The summed E-state index contributed by atoms with van der Waals surface area (Å²) in [6.07, 6.45) is 3.10. The number of nitriles is 1. The van der Waals surface area contributed by atoms with E-state index >= 15 is 0 Å². The molecule has 2 saturated heterocycles. The Bertz CT molecular complexity index is 1250. The number of morpholine rings is 1. The largest absolute Gasteiger partial charge is 0.378 e. The van der Waals surface area contributed by atoms with Crippen LogP contribution in [0.4, 0.5) is 5.82 Å². The highest BCUT2D eigenvalue weighted by Crippen LogP contribution is 2.20. The highest BCUT2D eigenvalue weighted by Gasteiger charge is 2.30. The maximum atomic E-state index is 13.2. The number of hydrogen-bond acceptors (Lipinski definition) is 8. The first kappa shape index (κ1) is 21.0. The van der Waals surface area contributed by atoms with Gasteiger partial charge in [0.15, 0.2) is 9.84 Å². The van der Waals surface area contributed by atoms with Crippen LogP contribution in [0.3, 0.4) is 0 Å². The van der Waals surface area contributed by atoms with E-state index in [4.69, 9.17) is 4.74 Å². The lowest BCUT2D eigenvalue weighted by atomic mass is 10.1. The predicted octanol–water partition coefficient (Wildman–Crippen LogP) is -0.259. The third kappa shape index (κ3) is 4.45. The average Bonchev–Trinajstić information content (AvgIpc) is 3.11. The zero-order chi connectivity index (χ0) is 22.0. The van der Waals surface area contributed by atoms with Crippen LogP contribution >= 0.6 is 0 Å². The maximum Gasteiger partial charge on any atom is 0.267 e. The number of anilines is 1. The highest BCUT2D eigenvalue weighted by atomic mass is 32.2. The van der Waals surface area contributed by atoms with Gasteiger partial charge in [-0.1, -0.05) is 6.07 Å². The molecule has 0 unspecified atom stereocenters. The molecule has 2 aromatic heterocycles. The number of pyridine rings is 1. The van der Waals surface area contributed by atoms with Crippen molar-refractivity contribution >= 4 is 33.3 Å². The maximum absolute atomic E-state index is 13.2. The van der Waals surface area contributed by atoms with Gasteiger partial charge in [0.1, 0.15) is 23.1 Å². The van der Waals surface area contributed by atoms with E-state index in [0.29, 0.717) is 44.2 Å². The lowest BCUT2D eigenvalue weighted by molar-refractivity contribution is -0.117. The standard InChI is InChI=1S/C20H21N5O5S/c21-12-14(19(26)22-15-4-10-31(28,29)13-15)11-16-18(24-6-8-30-9-7-24)23-17-3-1-2-5-25(17)20(16)27/h1-3,5,11,15H,4,6-10,13H2,(H,22,26)/b14-11-/t15-/m1/s1. The minimum atomic E-state index is -3.18. The summed E-state index contributed by atoms with van der Waals surface area (Å²) in [6.45, 7) is 1.98. The van der Waals surface area contributed by atoms with E-state index in [1.54, 1.807) is 24.4 Å². The minimum absolute atomic E-state index is 0.000664. The van der Waals surface area contributed by atoms with Gasteiger partial charge in [-0.2, -0.15) is 5.26 Å². The van der Waals surface area contributed by atoms with Crippen LogP contribution in [0, 0.1) is 11.3 Å². The Kier molecular flexibility index (Phi) is 5.75. The van der Waals surface area contributed by atoms with E-state index in [2.05, 4.69) is 10.3 Å². The average molecular weight is 443 g/mol. The second-order valence-corrected chi connectivity index (χ2v) is 9.65. The van der Waals surface area contributed by atoms with Crippen LogP contribution in [0.5, 0.6) is 0 Å². The number of nitrogens with one attached hydrogen (secondary N) is 1. The number of amides is 1. The van der Waals surface area contributed by atoms with Crippen molar-refractivity contribution in [2.75, 3.05) is 42.7 Å². The summed E-state index contributed by atoms with van der Waals surface area (Å²) in [5, 5.41) is 12.2. The molecule has 1 N–H and O–H groups in total. The molecule has 162 valence electrons. The molecule has 4 heterocycles. The summed E-state index contributed by atoms with van der Waals surface area (Å²) >= 11 is 0. The molecule has 1 atom stereocenters. The summed E-state index contributed by atoms with van der Waals surface area (Å²) in [5.41, 5.74) is -0.119. The fraction of sp³-hybridized carbons (Fsp3) is 0.400. The second kappa shape index (κ2) is 8.49. The first-order valence-corrected chi connectivity index (χ1v) is 11.7. The van der Waals surface area contributed by atoms with E-state index in [1.165, 1.54) is 10.5 Å². The second-order valence-electron chi connectivity index (χ2n) is 7.43. The lowest BCUT2D eigenvalue weighted by Gasteiger charge is -2.29. The Morgan fingerprint density at radius 2 is 2.10 bits per heavy atom. The summed E-state index contributed by atoms with van der Waals surface area (Å²) in [7, 11) is -3.18. The molecule has 2 aliphatic heterocycles. The zero-order valence-corrected chi connectivity index (χ0v) is 17.5. The predicted molar refractivity (Wildman–Crippen MR) is 113 cm³/mol. The molecule has 31 heavy (non-hydrogen) atoms. The molecule has 1 amide bonds. The third-order valence-electron chi connectivity index (χ3n) is 5.28. The van der Waals surface area contributed by atoms with Gasteiger partial charge in [-0.25, -0.2) is 13.4 Å². The van der Waals surface area contributed by atoms with Crippen molar-refractivity contribution in [3.63, 3.8) is 0 Å². The van der Waals surface area contributed by atoms with Gasteiger partial charge in [-0.15, -0.1) is 0 Å². The van der Waals surface area contributed by atoms with E-state index in [9.17, 15) is 23.3 Å². The van der Waals surface area contributed by atoms with Gasteiger partial charge in [0.25, 0.3) is 11.5 Å². The van der Waals surface area contributed by atoms with Crippen LogP contribution < -0.4 is 15.8 Å². The van der Waals surface area contributed by atoms with Crippen molar-refractivity contribution in [1.29, 1.82) is 5.26 Å². The van der Waals surface area contributed by atoms with Crippen LogP contribution in [-0.2, 0) is 19.4 Å². The summed E-state index contributed by atoms with van der Waals surface area (Å²) in [5.74, 6) is -0.490. The van der Waals surface area contributed by atoms with Crippen LogP contribution in [0.25, 0.3) is 11.7 Å². The number of carbonyl (C=O) groups excluding carboxylic acids is 1. The number of nitrogens with zero attached hydrogens (tertiary/aromatic N) is 4. The Balaban J connectivity index is 1.74. The Morgan fingerprint density at radius 3 is 2.77 bits per heavy atom. The Hall–Kier alpha value is -3.23. The normalized spacial score (nSPS) is 21.1. The number of carbonyl (C=O) groups is 1. The third-order valence-corrected chi connectivity index (χ3v) is 7.05. The number of ether oxygens (including phenoxy) is 1. The van der Waals surface area contributed by atoms with Gasteiger partial charge in [0.2, 0.25) is 0 Å². The number of rotatable bonds is 4. The van der Waals surface area contributed by atoms with Crippen molar-refractivity contribution in [2.45, 2.75) is 12.5 Å². The Morgan fingerprint density at radius 1 is 1.32 bits per heavy atom. The Labute approximate surface area is 178 Å². The van der Waals surface area contributed by atoms with Crippen LogP contribution in [0.15, 0.2) is 34.8 Å². The van der Waals surface area contributed by atoms with Crippen molar-refractivity contribution in [3.8, 4) is 6.07 Å². The molecular formula is C20H21N5O5S. The molecule has 2 fully saturated rings. The molecule has 0 radical (unpaired) electrons. The molecule has 0 saturated carbocycles. The fourth-order valence-corrected chi connectivity index (χ4v) is 5.37. The van der Waals surface area contributed by atoms with E-state index in [1.807, 2.05) is 11.0 Å². The fourth-order valence-electron chi connectivity index (χ4n) is 3.70. The van der Waals surface area contributed by atoms with Crippen molar-refractivity contribution in [1.82, 2.24) is 14.7 Å². The molecule has 10 nitrogen and oxygen atoms in total. The van der Waals surface area contributed by atoms with E-state index in [0.717, 1.165) is 0 Å². The SMILES string of the molecule is N#C/C(=C/c1c(N2CCOCC2)nc2ccccn2c1=O)C(=O)N[C@@H]1CCS(=O)(=O)C1. The quantitative estimate of drug-likeness (QED) is 0.505. The zero-order valence-electron chi connectivity index (χ0n) is 16.7. The topological polar surface area (TPSA) is 134 Å². The van der Waals surface area contributed by atoms with Gasteiger partial charge >= 0.3 is 0 Å². The van der Waals surface area contributed by atoms with Crippen LogP contribution in [-0.4, -0.2) is 67.6 Å². The molecular weight excluding hydrogens is 422 g/mol. The van der Waals surface area contributed by atoms with Gasteiger partial charge < -0.3 is 15.0 Å². The lowest BCUT2D eigenvalue weighted by Crippen LogP contribution is -2.39. The number of hydrogen-bond donors (Lipinski definition) is 1. The van der Waals surface area contributed by atoms with Crippen molar-refractivity contribution in [3.05, 3.63) is 45.9 Å². The van der Waals surface area contributed by atoms with Gasteiger partial charge in [-0.05, 0) is 24.6 Å². The van der Waals surface area contributed by atoms with E-state index < -0.39 is 27.3 Å². The molecule has 2 aliphatic rings. The smallest absolute Gasteiger partial charge is 0.267 e. The molecule has 11 heteroatoms. The monoisotopic (exact) mass is 443 g/mol. The van der Waals surface area contributed by atoms with Crippen LogP contribution in [0.1, 0.15) is 12.0 Å². The number of fused-ring (bicyclic) bond motifs is 1. The molecule has 0 aliphatic carbocycles. The number of aromatic nitrogens is 2. The van der Waals surface area contributed by atoms with Crippen molar-refractivity contribution < 1.29 is 17.9 Å². The van der Waals surface area contributed by atoms with Gasteiger partial charge in [0.05, 0.1) is 30.3 Å². The molecule has 0 aromatic carbocycles. The molecule has 2 aromatic rings. The molecule has 4 rings (SSSR count). The summed E-state index contributed by atoms with van der Waals surface area (Å²) in [6, 6.07) is 6.44. The minimum Gasteiger partial charge on any atom is -0.378 e. The molecule has 0 spiro atoms. The first-order chi connectivity index (χ1) is 14.9. The summed E-state index contributed by atoms with van der Waals surface area (Å²) in [4.78, 5) is 32.3.